The Hall–Kier alpha value is -0.990. The molecule has 0 bridgehead atoms. The van der Waals surface area contributed by atoms with E-state index in [2.05, 4.69) is 28.6 Å². The van der Waals surface area contributed by atoms with Gasteiger partial charge in [-0.1, -0.05) is 15.9 Å². The molecule has 0 aliphatic carbocycles. The van der Waals surface area contributed by atoms with E-state index in [4.69, 9.17) is 10.4 Å². The average molecular weight is 272 g/mol. The zero-order valence-corrected chi connectivity index (χ0v) is 9.47. The highest BCUT2D eigenvalue weighted by Gasteiger charge is 2.12. The van der Waals surface area contributed by atoms with Gasteiger partial charge in [0.25, 0.3) is 0 Å². The van der Waals surface area contributed by atoms with E-state index in [1.807, 2.05) is 6.07 Å². The number of hydrogen-bond acceptors (Lipinski definition) is 3. The second-order valence-corrected chi connectivity index (χ2v) is 3.62. The molecule has 1 rings (SSSR count). The van der Waals surface area contributed by atoms with Crippen molar-refractivity contribution in [1.82, 2.24) is 0 Å². The maximum absolute atomic E-state index is 10.8. The molecule has 0 unspecified atom stereocenters. The Bertz CT molecular complexity index is 426. The zero-order valence-electron chi connectivity index (χ0n) is 6.99. The van der Waals surface area contributed by atoms with Gasteiger partial charge in [-0.25, -0.2) is 4.79 Å². The van der Waals surface area contributed by atoms with E-state index in [0.717, 1.165) is 0 Å². The third kappa shape index (κ3) is 2.08. The Balaban J connectivity index is 3.42. The van der Waals surface area contributed by atoms with Crippen LogP contribution in [0, 0.1) is 11.3 Å². The summed E-state index contributed by atoms with van der Waals surface area (Å²) in [5.41, 5.74) is 1.02. The third-order valence-corrected chi connectivity index (χ3v) is 2.69. The minimum absolute atomic E-state index is 0.135. The number of alkyl halides is 1. The fraction of sp³-hybridized carbons (Fsp3) is 0.111. The molecule has 0 aliphatic rings. The molecule has 0 saturated carbocycles. The topological polar surface area (TPSA) is 61.1 Å². The van der Waals surface area contributed by atoms with Crippen LogP contribution in [0.4, 0.5) is 0 Å². The van der Waals surface area contributed by atoms with Crippen LogP contribution in [0.3, 0.4) is 0 Å². The highest BCUT2D eigenvalue weighted by Crippen LogP contribution is 2.21. The zero-order chi connectivity index (χ0) is 10.7. The first-order valence-corrected chi connectivity index (χ1v) is 5.22. The number of nitrogens with zero attached hydrogens (tertiary/aromatic N) is 1. The maximum atomic E-state index is 10.8. The molecule has 0 aromatic heterocycles. The number of aromatic carboxylic acids is 1. The molecule has 72 valence electrons. The first-order chi connectivity index (χ1) is 6.60. The van der Waals surface area contributed by atoms with Crippen LogP contribution in [-0.2, 0) is 5.33 Å². The van der Waals surface area contributed by atoms with Crippen molar-refractivity contribution < 1.29 is 9.90 Å². The number of rotatable bonds is 2. The van der Waals surface area contributed by atoms with Crippen LogP contribution in [-0.4, -0.2) is 11.1 Å². The molecule has 0 saturated heterocycles. The number of carboxylic acid groups (broad SMARTS) is 1. The summed E-state index contributed by atoms with van der Waals surface area (Å²) in [6, 6.07) is 4.80. The summed E-state index contributed by atoms with van der Waals surface area (Å²) in [6.07, 6.45) is 0. The molecule has 14 heavy (non-hydrogen) atoms. The van der Waals surface area contributed by atoms with Crippen LogP contribution in [0.2, 0.25) is 0 Å². The lowest BCUT2D eigenvalue weighted by Gasteiger charge is -2.04. The number of nitriles is 1. The van der Waals surface area contributed by atoms with E-state index in [0.29, 0.717) is 15.8 Å². The van der Waals surface area contributed by atoms with Crippen molar-refractivity contribution in [2.75, 3.05) is 0 Å². The maximum Gasteiger partial charge on any atom is 0.336 e. The Kier molecular flexibility index (Phi) is 3.55. The number of carboxylic acids is 1. The lowest BCUT2D eigenvalue weighted by atomic mass is 10.1. The molecule has 0 spiro atoms. The first-order valence-electron chi connectivity index (χ1n) is 3.65. The van der Waals surface area contributed by atoms with E-state index in [1.165, 1.54) is 6.07 Å². The molecular weight excluding hydrogens is 266 g/mol. The lowest BCUT2D eigenvalue weighted by Crippen LogP contribution is -2.02. The van der Waals surface area contributed by atoms with Gasteiger partial charge in [-0.05, 0) is 17.7 Å². The van der Waals surface area contributed by atoms with Crippen LogP contribution < -0.4 is 0 Å². The molecule has 0 heterocycles. The Labute approximate surface area is 94.9 Å². The Morgan fingerprint density at radius 3 is 2.71 bits per heavy atom. The molecule has 0 fully saturated rings. The molecule has 0 radical (unpaired) electrons. The molecular formula is C9H6BrNO2S. The van der Waals surface area contributed by atoms with E-state index >= 15 is 0 Å². The van der Waals surface area contributed by atoms with E-state index in [9.17, 15) is 4.79 Å². The van der Waals surface area contributed by atoms with Crippen molar-refractivity contribution in [2.24, 2.45) is 0 Å². The smallest absolute Gasteiger partial charge is 0.336 e. The van der Waals surface area contributed by atoms with Gasteiger partial charge in [-0.3, -0.25) is 0 Å². The number of thiol groups is 1. The minimum Gasteiger partial charge on any atom is -0.478 e. The summed E-state index contributed by atoms with van der Waals surface area (Å²) in [5.74, 6) is -1.04. The fourth-order valence-electron chi connectivity index (χ4n) is 1.03. The van der Waals surface area contributed by atoms with Crippen molar-refractivity contribution in [3.8, 4) is 6.07 Å². The highest BCUT2D eigenvalue weighted by molar-refractivity contribution is 9.08. The number of halogens is 1. The van der Waals surface area contributed by atoms with Gasteiger partial charge in [0.05, 0.1) is 11.1 Å². The summed E-state index contributed by atoms with van der Waals surface area (Å²) < 4.78 is 0. The van der Waals surface area contributed by atoms with Crippen molar-refractivity contribution >= 4 is 34.5 Å². The first kappa shape index (κ1) is 11.1. The SMILES string of the molecule is N#Cc1cc(C(=O)O)c(CBr)cc1S. The molecule has 1 aromatic rings. The molecule has 1 aromatic carbocycles. The standard InChI is InChI=1S/C9H6BrNO2S/c10-3-5-2-8(14)6(4-11)1-7(5)9(12)13/h1-2,14H,3H2,(H,12,13). The van der Waals surface area contributed by atoms with Gasteiger partial charge in [-0.2, -0.15) is 5.26 Å². The van der Waals surface area contributed by atoms with Gasteiger partial charge in [0.2, 0.25) is 0 Å². The van der Waals surface area contributed by atoms with E-state index < -0.39 is 5.97 Å². The van der Waals surface area contributed by atoms with Crippen molar-refractivity contribution in [3.05, 3.63) is 28.8 Å². The van der Waals surface area contributed by atoms with Crippen molar-refractivity contribution in [2.45, 2.75) is 10.2 Å². The highest BCUT2D eigenvalue weighted by atomic mass is 79.9. The summed E-state index contributed by atoms with van der Waals surface area (Å²) in [5, 5.41) is 18.0. The van der Waals surface area contributed by atoms with Crippen LogP contribution in [0.25, 0.3) is 0 Å². The summed E-state index contributed by atoms with van der Waals surface area (Å²) >= 11 is 7.26. The van der Waals surface area contributed by atoms with Crippen LogP contribution in [0.1, 0.15) is 21.5 Å². The second kappa shape index (κ2) is 4.49. The van der Waals surface area contributed by atoms with Gasteiger partial charge >= 0.3 is 5.97 Å². The monoisotopic (exact) mass is 271 g/mol. The van der Waals surface area contributed by atoms with Gasteiger partial charge in [-0.15, -0.1) is 12.6 Å². The van der Waals surface area contributed by atoms with Gasteiger partial charge in [0.15, 0.2) is 0 Å². The normalized spacial score (nSPS) is 9.50. The van der Waals surface area contributed by atoms with Gasteiger partial charge in [0, 0.05) is 10.2 Å². The average Bonchev–Trinajstić information content (AvgIpc) is 2.16. The molecule has 1 N–H and O–H groups in total. The van der Waals surface area contributed by atoms with Gasteiger partial charge < -0.3 is 5.11 Å². The molecule has 0 amide bonds. The molecule has 0 atom stereocenters. The summed E-state index contributed by atoms with van der Waals surface area (Å²) in [4.78, 5) is 11.3. The third-order valence-electron chi connectivity index (χ3n) is 1.72. The molecule has 0 aliphatic heterocycles. The number of benzene rings is 1. The molecule has 3 nitrogen and oxygen atoms in total. The largest absolute Gasteiger partial charge is 0.478 e. The van der Waals surface area contributed by atoms with Crippen LogP contribution >= 0.6 is 28.6 Å². The van der Waals surface area contributed by atoms with E-state index in [1.54, 1.807) is 6.07 Å². The number of hydrogen-bond donors (Lipinski definition) is 2. The lowest BCUT2D eigenvalue weighted by molar-refractivity contribution is 0.0696. The Morgan fingerprint density at radius 1 is 1.64 bits per heavy atom. The van der Waals surface area contributed by atoms with Crippen LogP contribution in [0.5, 0.6) is 0 Å². The predicted molar refractivity (Wildman–Crippen MR) is 58.0 cm³/mol. The second-order valence-electron chi connectivity index (χ2n) is 2.58. The quantitative estimate of drug-likeness (QED) is 0.642. The van der Waals surface area contributed by atoms with Gasteiger partial charge in [0.1, 0.15) is 6.07 Å². The fourth-order valence-corrected chi connectivity index (χ4v) is 1.77. The van der Waals surface area contributed by atoms with Crippen LogP contribution in [0.15, 0.2) is 17.0 Å². The summed E-state index contributed by atoms with van der Waals surface area (Å²) in [6.45, 7) is 0. The van der Waals surface area contributed by atoms with Crippen molar-refractivity contribution in [1.29, 1.82) is 5.26 Å². The predicted octanol–water partition coefficient (Wildman–Crippen LogP) is 2.44. The molecule has 5 heteroatoms. The van der Waals surface area contributed by atoms with E-state index in [-0.39, 0.29) is 11.1 Å². The number of carbonyl (C=O) groups is 1. The van der Waals surface area contributed by atoms with Crippen molar-refractivity contribution in [3.63, 3.8) is 0 Å². The Morgan fingerprint density at radius 2 is 2.29 bits per heavy atom. The minimum atomic E-state index is -1.04. The summed E-state index contributed by atoms with van der Waals surface area (Å²) in [7, 11) is 0.